The van der Waals surface area contributed by atoms with E-state index >= 15 is 0 Å². The van der Waals surface area contributed by atoms with Gasteiger partial charge in [-0.25, -0.2) is 13.1 Å². The fourth-order valence-electron chi connectivity index (χ4n) is 2.83. The van der Waals surface area contributed by atoms with Crippen molar-refractivity contribution in [1.29, 1.82) is 0 Å². The van der Waals surface area contributed by atoms with Gasteiger partial charge in [0.25, 0.3) is 5.91 Å². The summed E-state index contributed by atoms with van der Waals surface area (Å²) in [5.41, 5.74) is 0.356. The Morgan fingerprint density at radius 3 is 2.31 bits per heavy atom. The molecule has 0 aliphatic rings. The molecule has 2 aromatic rings. The zero-order valence-electron chi connectivity index (χ0n) is 18.9. The van der Waals surface area contributed by atoms with Crippen molar-refractivity contribution in [2.24, 2.45) is 0 Å². The lowest BCUT2D eigenvalue weighted by Gasteiger charge is -2.20. The molecule has 9 heteroatoms. The smallest absolute Gasteiger partial charge is 0.261 e. The number of carbonyl (C=O) groups is 1. The fourth-order valence-corrected chi connectivity index (χ4v) is 4.46. The summed E-state index contributed by atoms with van der Waals surface area (Å²) in [4.78, 5) is 12.8. The van der Waals surface area contributed by atoms with Gasteiger partial charge in [-0.3, -0.25) is 10.1 Å². The second kappa shape index (κ2) is 11.4. The second-order valence-electron chi connectivity index (χ2n) is 8.34. The summed E-state index contributed by atoms with van der Waals surface area (Å²) in [5, 5.41) is 5.62. The van der Waals surface area contributed by atoms with Gasteiger partial charge in [0, 0.05) is 11.2 Å². The molecule has 0 fully saturated rings. The summed E-state index contributed by atoms with van der Waals surface area (Å²) < 4.78 is 33.2. The van der Waals surface area contributed by atoms with E-state index in [9.17, 15) is 13.2 Å². The van der Waals surface area contributed by atoms with Gasteiger partial charge in [-0.05, 0) is 75.8 Å². The van der Waals surface area contributed by atoms with Crippen LogP contribution >= 0.6 is 12.2 Å². The third-order valence-corrected chi connectivity index (χ3v) is 6.21. The van der Waals surface area contributed by atoms with E-state index in [0.29, 0.717) is 23.6 Å². The van der Waals surface area contributed by atoms with Crippen molar-refractivity contribution in [2.75, 3.05) is 11.9 Å². The van der Waals surface area contributed by atoms with E-state index in [2.05, 4.69) is 22.3 Å². The van der Waals surface area contributed by atoms with Crippen LogP contribution < -0.4 is 20.1 Å². The first-order valence-electron chi connectivity index (χ1n) is 10.5. The van der Waals surface area contributed by atoms with Crippen LogP contribution in [0.25, 0.3) is 0 Å². The molecule has 0 heterocycles. The predicted molar refractivity (Wildman–Crippen MR) is 132 cm³/mol. The predicted octanol–water partition coefficient (Wildman–Crippen LogP) is 4.46. The first-order chi connectivity index (χ1) is 15.0. The maximum absolute atomic E-state index is 12.7. The highest BCUT2D eigenvalue weighted by atomic mass is 32.2. The Labute approximate surface area is 196 Å². The highest BCUT2D eigenvalue weighted by Gasteiger charge is 2.22. The molecule has 7 nitrogen and oxygen atoms in total. The minimum Gasteiger partial charge on any atom is -0.493 e. The molecule has 0 unspecified atom stereocenters. The average molecular weight is 478 g/mol. The molecular weight excluding hydrogens is 446 g/mol. The summed E-state index contributed by atoms with van der Waals surface area (Å²) in [5.74, 6) is 0.118. The first-order valence-corrected chi connectivity index (χ1v) is 12.4. The van der Waals surface area contributed by atoms with Crippen LogP contribution in [0.1, 0.15) is 57.3 Å². The number of hydrogen-bond acceptors (Lipinski definition) is 5. The van der Waals surface area contributed by atoms with E-state index in [4.69, 9.17) is 17.0 Å². The Kier molecular flexibility index (Phi) is 9.18. The summed E-state index contributed by atoms with van der Waals surface area (Å²) in [6.07, 6.45) is 3.07. The van der Waals surface area contributed by atoms with Crippen LogP contribution in [-0.4, -0.2) is 31.6 Å². The van der Waals surface area contributed by atoms with Crippen molar-refractivity contribution in [1.82, 2.24) is 10.0 Å². The van der Waals surface area contributed by atoms with Gasteiger partial charge < -0.3 is 10.1 Å². The average Bonchev–Trinajstić information content (AvgIpc) is 2.70. The summed E-state index contributed by atoms with van der Waals surface area (Å²) in [6, 6.07) is 13.1. The Bertz CT molecular complexity index is 1030. The summed E-state index contributed by atoms with van der Waals surface area (Å²) in [6.45, 7) is 7.98. The van der Waals surface area contributed by atoms with Crippen molar-refractivity contribution in [3.8, 4) is 5.75 Å². The van der Waals surface area contributed by atoms with Crippen molar-refractivity contribution in [3.63, 3.8) is 0 Å². The van der Waals surface area contributed by atoms with Crippen LogP contribution in [0.5, 0.6) is 5.75 Å². The maximum atomic E-state index is 12.7. The lowest BCUT2D eigenvalue weighted by atomic mass is 10.1. The Balaban J connectivity index is 1.99. The zero-order chi connectivity index (χ0) is 23.8. The number of thiocarbonyl (C=S) groups is 1. The highest BCUT2D eigenvalue weighted by Crippen LogP contribution is 2.19. The Hall–Kier alpha value is -2.49. The molecule has 2 rings (SSSR count). The number of anilines is 1. The summed E-state index contributed by atoms with van der Waals surface area (Å²) >= 11 is 5.24. The molecule has 3 N–H and O–H groups in total. The quantitative estimate of drug-likeness (QED) is 0.365. The number of sulfonamides is 1. The van der Waals surface area contributed by atoms with Crippen molar-refractivity contribution in [3.05, 3.63) is 54.1 Å². The number of hydrogen-bond donors (Lipinski definition) is 3. The number of para-hydroxylation sites is 1. The number of carbonyl (C=O) groups excluding carboxylic acids is 1. The van der Waals surface area contributed by atoms with Crippen LogP contribution in [0.2, 0.25) is 0 Å². The topological polar surface area (TPSA) is 96.5 Å². The normalized spacial score (nSPS) is 11.6. The van der Waals surface area contributed by atoms with Crippen molar-refractivity contribution < 1.29 is 17.9 Å². The van der Waals surface area contributed by atoms with Crippen molar-refractivity contribution in [2.45, 2.75) is 57.4 Å². The lowest BCUT2D eigenvalue weighted by Crippen LogP contribution is -2.40. The lowest BCUT2D eigenvalue weighted by molar-refractivity contribution is 0.0973. The van der Waals surface area contributed by atoms with Gasteiger partial charge >= 0.3 is 0 Å². The molecule has 0 bridgehead atoms. The number of ether oxygens (including phenoxy) is 1. The van der Waals surface area contributed by atoms with E-state index < -0.39 is 15.6 Å². The van der Waals surface area contributed by atoms with Crippen molar-refractivity contribution >= 4 is 38.9 Å². The second-order valence-corrected chi connectivity index (χ2v) is 10.4. The SMILES string of the molecule is CCCCCOc1ccccc1C(=O)NC(=S)Nc1ccc(S(=O)(=O)NC(C)(C)C)cc1. The maximum Gasteiger partial charge on any atom is 0.261 e. The monoisotopic (exact) mass is 477 g/mol. The van der Waals surface area contributed by atoms with Gasteiger partial charge in [-0.15, -0.1) is 0 Å². The molecule has 0 aromatic heterocycles. The molecule has 32 heavy (non-hydrogen) atoms. The standard InChI is InChI=1S/C23H31N3O4S2/c1-5-6-9-16-30-20-11-8-7-10-19(20)21(27)25-22(31)24-17-12-14-18(15-13-17)32(28,29)26-23(2,3)4/h7-8,10-15,26H,5-6,9,16H2,1-4H3,(H2,24,25,27,31). The number of nitrogens with one attached hydrogen (secondary N) is 3. The van der Waals surface area contributed by atoms with E-state index in [0.717, 1.165) is 19.3 Å². The fraction of sp³-hybridized carbons (Fsp3) is 0.391. The zero-order valence-corrected chi connectivity index (χ0v) is 20.5. The van der Waals surface area contributed by atoms with Gasteiger partial charge in [0.15, 0.2) is 5.11 Å². The van der Waals surface area contributed by atoms with Gasteiger partial charge in [0.2, 0.25) is 10.0 Å². The molecular formula is C23H31N3O4S2. The third kappa shape index (κ3) is 8.22. The van der Waals surface area contributed by atoms with Gasteiger partial charge in [0.05, 0.1) is 17.1 Å². The van der Waals surface area contributed by atoms with E-state index in [1.165, 1.54) is 12.1 Å². The molecule has 174 valence electrons. The number of rotatable bonds is 9. The van der Waals surface area contributed by atoms with Gasteiger partial charge in [-0.2, -0.15) is 0 Å². The molecule has 0 saturated heterocycles. The van der Waals surface area contributed by atoms with E-state index in [-0.39, 0.29) is 15.9 Å². The van der Waals surface area contributed by atoms with Gasteiger partial charge in [0.1, 0.15) is 5.75 Å². The van der Waals surface area contributed by atoms with Crippen LogP contribution in [0.15, 0.2) is 53.4 Å². The molecule has 1 amide bonds. The summed E-state index contributed by atoms with van der Waals surface area (Å²) in [7, 11) is -3.63. The molecule has 0 aliphatic heterocycles. The largest absolute Gasteiger partial charge is 0.493 e. The molecule has 2 aromatic carbocycles. The first kappa shape index (κ1) is 25.8. The molecule has 0 radical (unpaired) electrons. The minimum absolute atomic E-state index is 0.0965. The van der Waals surface area contributed by atoms with Crippen LogP contribution in [0, 0.1) is 0 Å². The molecule has 0 spiro atoms. The van der Waals surface area contributed by atoms with Crippen LogP contribution in [-0.2, 0) is 10.0 Å². The van der Waals surface area contributed by atoms with Crippen LogP contribution in [0.4, 0.5) is 5.69 Å². The van der Waals surface area contributed by atoms with E-state index in [1.807, 2.05) is 6.07 Å². The molecule has 0 saturated carbocycles. The third-order valence-electron chi connectivity index (χ3n) is 4.23. The Morgan fingerprint density at radius 1 is 1.03 bits per heavy atom. The number of amides is 1. The van der Waals surface area contributed by atoms with Crippen LogP contribution in [0.3, 0.4) is 0 Å². The Morgan fingerprint density at radius 2 is 1.69 bits per heavy atom. The highest BCUT2D eigenvalue weighted by molar-refractivity contribution is 7.89. The van der Waals surface area contributed by atoms with E-state index in [1.54, 1.807) is 51.1 Å². The molecule has 0 aliphatic carbocycles. The number of unbranched alkanes of at least 4 members (excludes halogenated alkanes) is 2. The molecule has 0 atom stereocenters. The minimum atomic E-state index is -3.63. The van der Waals surface area contributed by atoms with Gasteiger partial charge in [-0.1, -0.05) is 31.9 Å². The number of benzene rings is 2.